The number of pyridine rings is 1. The topological polar surface area (TPSA) is 68.0 Å². The predicted molar refractivity (Wildman–Crippen MR) is 64.1 cm³/mol. The van der Waals surface area contributed by atoms with Gasteiger partial charge in [-0.15, -0.1) is 0 Å². The lowest BCUT2D eigenvalue weighted by molar-refractivity contribution is 0.0927. The molecule has 0 aliphatic rings. The van der Waals surface area contributed by atoms with Gasteiger partial charge in [0.05, 0.1) is 5.56 Å². The van der Waals surface area contributed by atoms with E-state index in [9.17, 15) is 4.79 Å². The van der Waals surface area contributed by atoms with Gasteiger partial charge in [0.25, 0.3) is 5.91 Å². The SMILES string of the molecule is Cc1ccc(C(=O)NC(CN)C(C)C)cn1. The number of aryl methyl sites for hydroxylation is 1. The zero-order valence-corrected chi connectivity index (χ0v) is 10.0. The van der Waals surface area contributed by atoms with E-state index >= 15 is 0 Å². The van der Waals surface area contributed by atoms with Gasteiger partial charge < -0.3 is 11.1 Å². The fourth-order valence-electron chi connectivity index (χ4n) is 1.35. The van der Waals surface area contributed by atoms with Crippen molar-refractivity contribution in [2.45, 2.75) is 26.8 Å². The summed E-state index contributed by atoms with van der Waals surface area (Å²) in [5.74, 6) is 0.212. The van der Waals surface area contributed by atoms with E-state index in [2.05, 4.69) is 10.3 Å². The molecule has 1 heterocycles. The molecule has 1 amide bonds. The number of nitrogens with one attached hydrogen (secondary N) is 1. The molecule has 0 saturated heterocycles. The lowest BCUT2D eigenvalue weighted by atomic mass is 10.0. The van der Waals surface area contributed by atoms with Gasteiger partial charge >= 0.3 is 0 Å². The highest BCUT2D eigenvalue weighted by Gasteiger charge is 2.15. The Morgan fingerprint density at radius 2 is 2.19 bits per heavy atom. The maximum absolute atomic E-state index is 11.8. The first kappa shape index (κ1) is 12.6. The van der Waals surface area contributed by atoms with Crippen molar-refractivity contribution in [3.63, 3.8) is 0 Å². The molecule has 1 aromatic rings. The molecule has 88 valence electrons. The molecule has 1 rings (SSSR count). The predicted octanol–water partition coefficient (Wildman–Crippen LogP) is 1.10. The van der Waals surface area contributed by atoms with Crippen molar-refractivity contribution in [1.29, 1.82) is 0 Å². The summed E-state index contributed by atoms with van der Waals surface area (Å²) < 4.78 is 0. The molecule has 0 spiro atoms. The number of aromatic nitrogens is 1. The number of amides is 1. The van der Waals surface area contributed by atoms with Crippen LogP contribution < -0.4 is 11.1 Å². The molecule has 0 aliphatic heterocycles. The van der Waals surface area contributed by atoms with Gasteiger partial charge in [0.2, 0.25) is 0 Å². The van der Waals surface area contributed by atoms with E-state index in [4.69, 9.17) is 5.73 Å². The molecule has 4 nitrogen and oxygen atoms in total. The maximum atomic E-state index is 11.8. The first-order valence-electron chi connectivity index (χ1n) is 5.48. The average molecular weight is 221 g/mol. The average Bonchev–Trinajstić information content (AvgIpc) is 2.26. The summed E-state index contributed by atoms with van der Waals surface area (Å²) in [7, 11) is 0. The molecular formula is C12H19N3O. The quantitative estimate of drug-likeness (QED) is 0.800. The van der Waals surface area contributed by atoms with Gasteiger partial charge in [-0.1, -0.05) is 13.8 Å². The number of nitrogens with two attached hydrogens (primary N) is 1. The van der Waals surface area contributed by atoms with Crippen LogP contribution in [0, 0.1) is 12.8 Å². The Bertz CT molecular complexity index is 346. The normalized spacial score (nSPS) is 12.6. The van der Waals surface area contributed by atoms with Crippen molar-refractivity contribution >= 4 is 5.91 Å². The first-order valence-corrected chi connectivity index (χ1v) is 5.48. The summed E-state index contributed by atoms with van der Waals surface area (Å²) in [6.45, 7) is 6.40. The number of carbonyl (C=O) groups excluding carboxylic acids is 1. The summed E-state index contributed by atoms with van der Waals surface area (Å²) in [6, 6.07) is 3.60. The summed E-state index contributed by atoms with van der Waals surface area (Å²) in [5, 5.41) is 2.90. The fraction of sp³-hybridized carbons (Fsp3) is 0.500. The maximum Gasteiger partial charge on any atom is 0.253 e. The van der Waals surface area contributed by atoms with Gasteiger partial charge in [-0.25, -0.2) is 0 Å². The van der Waals surface area contributed by atoms with E-state index in [0.717, 1.165) is 5.69 Å². The number of rotatable bonds is 4. The molecule has 0 saturated carbocycles. The molecule has 4 heteroatoms. The first-order chi connectivity index (χ1) is 7.54. The minimum atomic E-state index is -0.114. The molecule has 1 unspecified atom stereocenters. The van der Waals surface area contributed by atoms with E-state index in [0.29, 0.717) is 18.0 Å². The van der Waals surface area contributed by atoms with Gasteiger partial charge in [0, 0.05) is 24.5 Å². The molecule has 0 aromatic carbocycles. The molecule has 0 aliphatic carbocycles. The molecule has 0 radical (unpaired) electrons. The van der Waals surface area contributed by atoms with Crippen LogP contribution in [0.2, 0.25) is 0 Å². The summed E-state index contributed by atoms with van der Waals surface area (Å²) in [4.78, 5) is 15.9. The third kappa shape index (κ3) is 3.31. The second kappa shape index (κ2) is 5.61. The van der Waals surface area contributed by atoms with Crippen molar-refractivity contribution in [2.75, 3.05) is 6.54 Å². The highest BCUT2D eigenvalue weighted by molar-refractivity contribution is 5.94. The molecule has 0 fully saturated rings. The molecular weight excluding hydrogens is 202 g/mol. The van der Waals surface area contributed by atoms with Crippen LogP contribution in [0.1, 0.15) is 29.9 Å². The van der Waals surface area contributed by atoms with Crippen LogP contribution in [0.25, 0.3) is 0 Å². The third-order valence-electron chi connectivity index (χ3n) is 2.55. The minimum absolute atomic E-state index is 0.00815. The van der Waals surface area contributed by atoms with E-state index in [-0.39, 0.29) is 11.9 Å². The Balaban J connectivity index is 2.68. The summed E-state index contributed by atoms with van der Waals surface area (Å²) in [6.07, 6.45) is 1.58. The van der Waals surface area contributed by atoms with Crippen molar-refractivity contribution in [1.82, 2.24) is 10.3 Å². The fourth-order valence-corrected chi connectivity index (χ4v) is 1.35. The number of hydrogen-bond acceptors (Lipinski definition) is 3. The van der Waals surface area contributed by atoms with Crippen LogP contribution in [0.5, 0.6) is 0 Å². The van der Waals surface area contributed by atoms with Gasteiger partial charge in [0.1, 0.15) is 0 Å². The van der Waals surface area contributed by atoms with Crippen LogP contribution in [-0.2, 0) is 0 Å². The van der Waals surface area contributed by atoms with Crippen molar-refractivity contribution < 1.29 is 4.79 Å². The third-order valence-corrected chi connectivity index (χ3v) is 2.55. The Hall–Kier alpha value is -1.42. The smallest absolute Gasteiger partial charge is 0.253 e. The zero-order valence-electron chi connectivity index (χ0n) is 10.0. The Morgan fingerprint density at radius 1 is 1.50 bits per heavy atom. The van der Waals surface area contributed by atoms with Gasteiger partial charge in [-0.3, -0.25) is 9.78 Å². The number of carbonyl (C=O) groups is 1. The van der Waals surface area contributed by atoms with Gasteiger partial charge in [-0.05, 0) is 25.0 Å². The molecule has 3 N–H and O–H groups in total. The van der Waals surface area contributed by atoms with E-state index in [1.54, 1.807) is 12.3 Å². The van der Waals surface area contributed by atoms with Crippen LogP contribution in [0.4, 0.5) is 0 Å². The lowest BCUT2D eigenvalue weighted by Gasteiger charge is -2.20. The van der Waals surface area contributed by atoms with Crippen molar-refractivity contribution in [3.8, 4) is 0 Å². The largest absolute Gasteiger partial charge is 0.348 e. The van der Waals surface area contributed by atoms with E-state index in [1.165, 1.54) is 0 Å². The van der Waals surface area contributed by atoms with Crippen molar-refractivity contribution in [3.05, 3.63) is 29.6 Å². The molecule has 1 atom stereocenters. The molecule has 0 bridgehead atoms. The van der Waals surface area contributed by atoms with Crippen LogP contribution >= 0.6 is 0 Å². The Labute approximate surface area is 96.3 Å². The van der Waals surface area contributed by atoms with Gasteiger partial charge in [0.15, 0.2) is 0 Å². The van der Waals surface area contributed by atoms with Crippen molar-refractivity contribution in [2.24, 2.45) is 11.7 Å². The lowest BCUT2D eigenvalue weighted by Crippen LogP contribution is -2.43. The van der Waals surface area contributed by atoms with E-state index in [1.807, 2.05) is 26.8 Å². The summed E-state index contributed by atoms with van der Waals surface area (Å²) in [5.41, 5.74) is 7.07. The van der Waals surface area contributed by atoms with Gasteiger partial charge in [-0.2, -0.15) is 0 Å². The summed E-state index contributed by atoms with van der Waals surface area (Å²) >= 11 is 0. The Morgan fingerprint density at radius 3 is 2.62 bits per heavy atom. The molecule has 1 aromatic heterocycles. The van der Waals surface area contributed by atoms with Crippen LogP contribution in [-0.4, -0.2) is 23.5 Å². The minimum Gasteiger partial charge on any atom is -0.348 e. The highest BCUT2D eigenvalue weighted by Crippen LogP contribution is 2.03. The van der Waals surface area contributed by atoms with Crippen LogP contribution in [0.15, 0.2) is 18.3 Å². The van der Waals surface area contributed by atoms with Crippen LogP contribution in [0.3, 0.4) is 0 Å². The highest BCUT2D eigenvalue weighted by atomic mass is 16.1. The van der Waals surface area contributed by atoms with E-state index < -0.39 is 0 Å². The second-order valence-corrected chi connectivity index (χ2v) is 4.25. The number of hydrogen-bond donors (Lipinski definition) is 2. The standard InChI is InChI=1S/C12H19N3O/c1-8(2)11(6-13)15-12(16)10-5-4-9(3)14-7-10/h4-5,7-8,11H,6,13H2,1-3H3,(H,15,16). The molecule has 16 heavy (non-hydrogen) atoms. The Kier molecular flexibility index (Phi) is 4.43. The monoisotopic (exact) mass is 221 g/mol. The second-order valence-electron chi connectivity index (χ2n) is 4.25. The number of nitrogens with zero attached hydrogens (tertiary/aromatic N) is 1. The zero-order chi connectivity index (χ0) is 12.1.